The first-order valence-corrected chi connectivity index (χ1v) is 6.89. The number of phenols is 1. The predicted molar refractivity (Wildman–Crippen MR) is 88.3 cm³/mol. The summed E-state index contributed by atoms with van der Waals surface area (Å²) >= 11 is 0. The number of hydrogen-bond donors (Lipinski definition) is 2. The minimum Gasteiger partial charge on any atom is -0.508 e. The molecule has 0 saturated heterocycles. The Morgan fingerprint density at radius 1 is 1.18 bits per heavy atom. The van der Waals surface area contributed by atoms with Crippen LogP contribution in [0.1, 0.15) is 0 Å². The van der Waals surface area contributed by atoms with Crippen LogP contribution in [0.2, 0.25) is 0 Å². The van der Waals surface area contributed by atoms with E-state index in [1.54, 1.807) is 12.1 Å². The van der Waals surface area contributed by atoms with Gasteiger partial charge in [-0.15, -0.1) is 6.58 Å². The van der Waals surface area contributed by atoms with Gasteiger partial charge < -0.3 is 14.8 Å². The van der Waals surface area contributed by atoms with Crippen LogP contribution in [0.4, 0.5) is 5.69 Å². The average molecular weight is 293 g/mol. The van der Waals surface area contributed by atoms with Gasteiger partial charge in [-0.3, -0.25) is 4.79 Å². The zero-order valence-corrected chi connectivity index (χ0v) is 11.9. The van der Waals surface area contributed by atoms with Crippen LogP contribution in [0.25, 0.3) is 22.1 Å². The summed E-state index contributed by atoms with van der Waals surface area (Å²) in [4.78, 5) is 12.5. The molecule has 22 heavy (non-hydrogen) atoms. The van der Waals surface area contributed by atoms with E-state index in [0.717, 1.165) is 11.3 Å². The molecule has 0 fully saturated rings. The quantitative estimate of drug-likeness (QED) is 0.719. The van der Waals surface area contributed by atoms with Gasteiger partial charge in [0.25, 0.3) is 0 Å². The highest BCUT2D eigenvalue weighted by Gasteiger charge is 2.09. The number of hydrogen-bond acceptors (Lipinski definition) is 4. The summed E-state index contributed by atoms with van der Waals surface area (Å²) in [5, 5.41) is 13.1. The zero-order valence-electron chi connectivity index (χ0n) is 11.9. The minimum absolute atomic E-state index is 0.0704. The Hall–Kier alpha value is -3.01. The summed E-state index contributed by atoms with van der Waals surface area (Å²) in [6.07, 6.45) is 3.21. The first kappa shape index (κ1) is 13.9. The lowest BCUT2D eigenvalue weighted by molar-refractivity contribution is 0.474. The molecule has 2 aromatic carbocycles. The molecule has 3 aromatic rings. The van der Waals surface area contributed by atoms with Crippen LogP contribution in [-0.2, 0) is 0 Å². The van der Waals surface area contributed by atoms with Crippen LogP contribution in [0.3, 0.4) is 0 Å². The van der Waals surface area contributed by atoms with Crippen molar-refractivity contribution in [1.82, 2.24) is 0 Å². The molecule has 0 atom stereocenters. The Morgan fingerprint density at radius 2 is 1.95 bits per heavy atom. The second kappa shape index (κ2) is 5.77. The third-order valence-electron chi connectivity index (χ3n) is 3.40. The van der Waals surface area contributed by atoms with Crippen LogP contribution in [0.5, 0.6) is 5.75 Å². The molecular weight excluding hydrogens is 278 g/mol. The number of nitrogens with one attached hydrogen (secondary N) is 1. The molecular formula is C18H15NO3. The molecule has 2 N–H and O–H groups in total. The van der Waals surface area contributed by atoms with Gasteiger partial charge in [0, 0.05) is 18.3 Å². The summed E-state index contributed by atoms with van der Waals surface area (Å²) < 4.78 is 5.47. The van der Waals surface area contributed by atoms with Crippen LogP contribution in [-0.4, -0.2) is 11.7 Å². The van der Waals surface area contributed by atoms with Crippen molar-refractivity contribution in [3.8, 4) is 16.9 Å². The maximum Gasteiger partial charge on any atom is 0.200 e. The molecule has 0 spiro atoms. The van der Waals surface area contributed by atoms with Gasteiger partial charge >= 0.3 is 0 Å². The van der Waals surface area contributed by atoms with Crippen molar-refractivity contribution in [2.45, 2.75) is 0 Å². The monoisotopic (exact) mass is 293 g/mol. The molecule has 0 amide bonds. The Bertz CT molecular complexity index is 879. The zero-order chi connectivity index (χ0) is 15.5. The molecule has 0 unspecified atom stereocenters. The number of aromatic hydroxyl groups is 1. The average Bonchev–Trinajstić information content (AvgIpc) is 2.54. The fourth-order valence-electron chi connectivity index (χ4n) is 2.27. The molecule has 110 valence electrons. The second-order valence-corrected chi connectivity index (χ2v) is 4.91. The third kappa shape index (κ3) is 2.59. The second-order valence-electron chi connectivity index (χ2n) is 4.91. The van der Waals surface area contributed by atoms with E-state index in [0.29, 0.717) is 23.1 Å². The fourth-order valence-corrected chi connectivity index (χ4v) is 2.27. The minimum atomic E-state index is -0.118. The standard InChI is InChI=1S/C18H15NO3/c1-2-9-19-13-5-3-12(4-6-13)16-11-22-17-10-14(20)7-8-15(17)18(16)21/h2-8,10-11,19-20H,1,9H2. The summed E-state index contributed by atoms with van der Waals surface area (Å²) in [6.45, 7) is 4.34. The van der Waals surface area contributed by atoms with Gasteiger partial charge in [-0.25, -0.2) is 0 Å². The van der Waals surface area contributed by atoms with Crippen molar-refractivity contribution < 1.29 is 9.52 Å². The van der Waals surface area contributed by atoms with Crippen molar-refractivity contribution in [2.75, 3.05) is 11.9 Å². The number of phenolic OH excluding ortho intramolecular Hbond substituents is 1. The first-order chi connectivity index (χ1) is 10.7. The molecule has 0 bridgehead atoms. The number of fused-ring (bicyclic) bond motifs is 1. The van der Waals surface area contributed by atoms with E-state index in [2.05, 4.69) is 11.9 Å². The van der Waals surface area contributed by atoms with E-state index in [1.165, 1.54) is 18.4 Å². The predicted octanol–water partition coefficient (Wildman–Crippen LogP) is 3.76. The molecule has 0 aliphatic rings. The van der Waals surface area contributed by atoms with E-state index in [1.807, 2.05) is 24.3 Å². The van der Waals surface area contributed by atoms with Crippen LogP contribution >= 0.6 is 0 Å². The lowest BCUT2D eigenvalue weighted by Gasteiger charge is -2.06. The Labute approximate surface area is 127 Å². The lowest BCUT2D eigenvalue weighted by Crippen LogP contribution is -2.04. The Morgan fingerprint density at radius 3 is 2.68 bits per heavy atom. The summed E-state index contributed by atoms with van der Waals surface area (Å²) in [6, 6.07) is 12.0. The van der Waals surface area contributed by atoms with E-state index >= 15 is 0 Å². The molecule has 4 heteroatoms. The van der Waals surface area contributed by atoms with Crippen molar-refractivity contribution >= 4 is 16.7 Å². The van der Waals surface area contributed by atoms with Crippen molar-refractivity contribution in [2.24, 2.45) is 0 Å². The van der Waals surface area contributed by atoms with Crippen molar-refractivity contribution in [1.29, 1.82) is 0 Å². The van der Waals surface area contributed by atoms with E-state index < -0.39 is 0 Å². The SMILES string of the molecule is C=CCNc1ccc(-c2coc3cc(O)ccc3c2=O)cc1. The van der Waals surface area contributed by atoms with Gasteiger partial charge in [0.05, 0.1) is 10.9 Å². The summed E-state index contributed by atoms with van der Waals surface area (Å²) in [5.74, 6) is 0.0704. The van der Waals surface area contributed by atoms with Crippen LogP contribution in [0, 0.1) is 0 Å². The van der Waals surface area contributed by atoms with Crippen LogP contribution < -0.4 is 10.7 Å². The highest BCUT2D eigenvalue weighted by molar-refractivity contribution is 5.82. The Kier molecular flexibility index (Phi) is 3.66. The maximum atomic E-state index is 12.5. The largest absolute Gasteiger partial charge is 0.508 e. The molecule has 0 aliphatic heterocycles. The van der Waals surface area contributed by atoms with E-state index in [4.69, 9.17) is 4.42 Å². The van der Waals surface area contributed by atoms with Gasteiger partial charge in [0.15, 0.2) is 5.43 Å². The lowest BCUT2D eigenvalue weighted by atomic mass is 10.1. The van der Waals surface area contributed by atoms with Gasteiger partial charge in [-0.1, -0.05) is 18.2 Å². The molecule has 4 nitrogen and oxygen atoms in total. The summed E-state index contributed by atoms with van der Waals surface area (Å²) in [5.41, 5.74) is 2.49. The molecule has 1 aromatic heterocycles. The van der Waals surface area contributed by atoms with Crippen LogP contribution in [0.15, 0.2) is 70.6 Å². The highest BCUT2D eigenvalue weighted by atomic mass is 16.3. The van der Waals surface area contributed by atoms with Gasteiger partial charge in [0.2, 0.25) is 0 Å². The maximum absolute atomic E-state index is 12.5. The number of rotatable bonds is 4. The normalized spacial score (nSPS) is 10.5. The van der Waals surface area contributed by atoms with E-state index in [9.17, 15) is 9.90 Å². The summed E-state index contributed by atoms with van der Waals surface area (Å²) in [7, 11) is 0. The topological polar surface area (TPSA) is 62.5 Å². The van der Waals surface area contributed by atoms with Gasteiger partial charge in [0.1, 0.15) is 17.6 Å². The molecule has 0 saturated carbocycles. The number of anilines is 1. The highest BCUT2D eigenvalue weighted by Crippen LogP contribution is 2.23. The van der Waals surface area contributed by atoms with Crippen molar-refractivity contribution in [3.63, 3.8) is 0 Å². The third-order valence-corrected chi connectivity index (χ3v) is 3.40. The molecule has 3 rings (SSSR count). The van der Waals surface area contributed by atoms with E-state index in [-0.39, 0.29) is 11.2 Å². The van der Waals surface area contributed by atoms with Gasteiger partial charge in [-0.2, -0.15) is 0 Å². The molecule has 0 aliphatic carbocycles. The smallest absolute Gasteiger partial charge is 0.200 e. The fraction of sp³-hybridized carbons (Fsp3) is 0.0556. The Balaban J connectivity index is 2.03. The first-order valence-electron chi connectivity index (χ1n) is 6.89. The van der Waals surface area contributed by atoms with Gasteiger partial charge in [-0.05, 0) is 29.8 Å². The number of benzene rings is 2. The molecule has 1 heterocycles. The molecule has 0 radical (unpaired) electrons. The van der Waals surface area contributed by atoms with Crippen molar-refractivity contribution in [3.05, 3.63) is 71.6 Å².